The molecule has 4 nitrogen and oxygen atoms in total. The van der Waals surface area contributed by atoms with Crippen molar-refractivity contribution in [1.29, 1.82) is 0 Å². The van der Waals surface area contributed by atoms with Crippen LogP contribution in [0.4, 0.5) is 0 Å². The maximum Gasteiger partial charge on any atom is 0.0673 e. The molecule has 0 aliphatic carbocycles. The minimum atomic E-state index is 0.374. The summed E-state index contributed by atoms with van der Waals surface area (Å²) in [5, 5.41) is 3.38. The molecular formula is C14H28N2O2. The molecule has 106 valence electrons. The van der Waals surface area contributed by atoms with Crippen LogP contribution in [0.15, 0.2) is 0 Å². The van der Waals surface area contributed by atoms with E-state index < -0.39 is 0 Å². The minimum absolute atomic E-state index is 0.374. The number of hydrogen-bond donors (Lipinski definition) is 1. The van der Waals surface area contributed by atoms with Gasteiger partial charge < -0.3 is 19.7 Å². The molecule has 2 heterocycles. The first kappa shape index (κ1) is 14.3. The summed E-state index contributed by atoms with van der Waals surface area (Å²) < 4.78 is 11.3. The predicted octanol–water partition coefficient (Wildman–Crippen LogP) is 1.11. The molecular weight excluding hydrogens is 228 g/mol. The molecule has 18 heavy (non-hydrogen) atoms. The first-order valence-corrected chi connectivity index (χ1v) is 7.30. The topological polar surface area (TPSA) is 33.7 Å². The lowest BCUT2D eigenvalue weighted by Crippen LogP contribution is -2.48. The van der Waals surface area contributed by atoms with Crippen molar-refractivity contribution in [3.8, 4) is 0 Å². The van der Waals surface area contributed by atoms with Crippen LogP contribution in [0.2, 0.25) is 0 Å². The van der Waals surface area contributed by atoms with Crippen molar-refractivity contribution in [2.45, 2.75) is 32.3 Å². The van der Waals surface area contributed by atoms with E-state index in [0.717, 1.165) is 39.3 Å². The van der Waals surface area contributed by atoms with Gasteiger partial charge in [-0.25, -0.2) is 0 Å². The zero-order valence-electron chi connectivity index (χ0n) is 11.9. The van der Waals surface area contributed by atoms with Gasteiger partial charge in [0.05, 0.1) is 6.10 Å². The molecule has 2 aliphatic rings. The zero-order valence-corrected chi connectivity index (χ0v) is 11.9. The summed E-state index contributed by atoms with van der Waals surface area (Å²) in [6.45, 7) is 9.48. The van der Waals surface area contributed by atoms with Gasteiger partial charge in [-0.05, 0) is 38.6 Å². The van der Waals surface area contributed by atoms with Crippen LogP contribution < -0.4 is 5.32 Å². The average molecular weight is 256 g/mol. The summed E-state index contributed by atoms with van der Waals surface area (Å²) in [6.07, 6.45) is 3.90. The summed E-state index contributed by atoms with van der Waals surface area (Å²) in [5.74, 6) is 0. The second-order valence-electron chi connectivity index (χ2n) is 5.91. The number of nitrogens with one attached hydrogen (secondary N) is 1. The monoisotopic (exact) mass is 256 g/mol. The predicted molar refractivity (Wildman–Crippen MR) is 72.9 cm³/mol. The van der Waals surface area contributed by atoms with Gasteiger partial charge in [-0.1, -0.05) is 0 Å². The van der Waals surface area contributed by atoms with E-state index in [-0.39, 0.29) is 0 Å². The summed E-state index contributed by atoms with van der Waals surface area (Å²) in [6, 6.07) is 0. The molecule has 0 bridgehead atoms. The third kappa shape index (κ3) is 3.92. The maximum absolute atomic E-state index is 5.73. The molecule has 0 amide bonds. The lowest BCUT2D eigenvalue weighted by Gasteiger charge is -2.41. The largest absolute Gasteiger partial charge is 0.381 e. The summed E-state index contributed by atoms with van der Waals surface area (Å²) in [4.78, 5) is 2.60. The first-order valence-electron chi connectivity index (χ1n) is 7.30. The Hall–Kier alpha value is -0.160. The molecule has 0 saturated carbocycles. The molecule has 2 fully saturated rings. The molecule has 0 aromatic carbocycles. The number of nitrogens with zero attached hydrogens (tertiary/aromatic N) is 1. The quantitative estimate of drug-likeness (QED) is 0.817. The van der Waals surface area contributed by atoms with Crippen molar-refractivity contribution in [3.63, 3.8) is 0 Å². The Morgan fingerprint density at radius 2 is 2.06 bits per heavy atom. The Labute approximate surface area is 111 Å². The molecule has 1 unspecified atom stereocenters. The highest BCUT2D eigenvalue weighted by molar-refractivity contribution is 4.87. The van der Waals surface area contributed by atoms with Gasteiger partial charge in [0.1, 0.15) is 0 Å². The Balaban J connectivity index is 1.94. The van der Waals surface area contributed by atoms with Gasteiger partial charge in [0.25, 0.3) is 0 Å². The molecule has 0 spiro atoms. The summed E-state index contributed by atoms with van der Waals surface area (Å²) in [7, 11) is 2.06. The van der Waals surface area contributed by atoms with Crippen LogP contribution in [0.3, 0.4) is 0 Å². The van der Waals surface area contributed by atoms with E-state index >= 15 is 0 Å². The van der Waals surface area contributed by atoms with Gasteiger partial charge in [-0.15, -0.1) is 0 Å². The van der Waals surface area contributed by atoms with Crippen molar-refractivity contribution in [1.82, 2.24) is 10.2 Å². The van der Waals surface area contributed by atoms with Crippen molar-refractivity contribution >= 4 is 0 Å². The second-order valence-corrected chi connectivity index (χ2v) is 5.91. The third-order valence-corrected chi connectivity index (χ3v) is 4.20. The van der Waals surface area contributed by atoms with Crippen LogP contribution in [0.1, 0.15) is 26.2 Å². The maximum atomic E-state index is 5.73. The van der Waals surface area contributed by atoms with Crippen molar-refractivity contribution < 1.29 is 9.47 Å². The Morgan fingerprint density at radius 3 is 2.78 bits per heavy atom. The normalized spacial score (nSPS) is 30.0. The molecule has 2 saturated heterocycles. The highest BCUT2D eigenvalue weighted by Gasteiger charge is 2.34. The van der Waals surface area contributed by atoms with E-state index in [1.807, 2.05) is 0 Å². The lowest BCUT2D eigenvalue weighted by molar-refractivity contribution is -0.00781. The first-order chi connectivity index (χ1) is 8.74. The molecule has 0 aromatic heterocycles. The van der Waals surface area contributed by atoms with Crippen molar-refractivity contribution in [3.05, 3.63) is 0 Å². The van der Waals surface area contributed by atoms with Gasteiger partial charge in [0.15, 0.2) is 0 Å². The van der Waals surface area contributed by atoms with Crippen molar-refractivity contribution in [2.75, 3.05) is 53.0 Å². The summed E-state index contributed by atoms with van der Waals surface area (Å²) in [5.41, 5.74) is 0.400. The van der Waals surface area contributed by atoms with E-state index in [1.165, 1.54) is 25.9 Å². The number of rotatable bonds is 4. The fraction of sp³-hybridized carbons (Fsp3) is 1.00. The fourth-order valence-corrected chi connectivity index (χ4v) is 3.27. The number of hydrogen-bond acceptors (Lipinski definition) is 4. The van der Waals surface area contributed by atoms with Crippen molar-refractivity contribution in [2.24, 2.45) is 5.41 Å². The van der Waals surface area contributed by atoms with E-state index in [9.17, 15) is 0 Å². The molecule has 1 N–H and O–H groups in total. The molecule has 2 rings (SSSR count). The SMILES string of the molecule is CNCC1(CN2CCCOC(C)C2)CCOCC1. The smallest absolute Gasteiger partial charge is 0.0673 e. The zero-order chi connectivity index (χ0) is 12.8. The highest BCUT2D eigenvalue weighted by Crippen LogP contribution is 2.31. The van der Waals surface area contributed by atoms with Crippen LogP contribution in [0.25, 0.3) is 0 Å². The lowest BCUT2D eigenvalue weighted by atomic mass is 9.79. The second kappa shape index (κ2) is 6.85. The van der Waals surface area contributed by atoms with Gasteiger partial charge in [0.2, 0.25) is 0 Å². The molecule has 2 aliphatic heterocycles. The standard InChI is InChI=1S/C14H28N2O2/c1-13-10-16(6-3-7-18-13)12-14(11-15-2)4-8-17-9-5-14/h13,15H,3-12H2,1-2H3. The van der Waals surface area contributed by atoms with Gasteiger partial charge in [-0.2, -0.15) is 0 Å². The fourth-order valence-electron chi connectivity index (χ4n) is 3.27. The van der Waals surface area contributed by atoms with Gasteiger partial charge in [-0.3, -0.25) is 0 Å². The summed E-state index contributed by atoms with van der Waals surface area (Å²) >= 11 is 0. The molecule has 4 heteroatoms. The minimum Gasteiger partial charge on any atom is -0.381 e. The van der Waals surface area contributed by atoms with E-state index in [0.29, 0.717) is 11.5 Å². The van der Waals surface area contributed by atoms with Crippen LogP contribution in [0.5, 0.6) is 0 Å². The van der Waals surface area contributed by atoms with Crippen LogP contribution in [0, 0.1) is 5.41 Å². The molecule has 0 radical (unpaired) electrons. The molecule has 0 aromatic rings. The van der Waals surface area contributed by atoms with Gasteiger partial charge in [0, 0.05) is 46.0 Å². The van der Waals surface area contributed by atoms with Gasteiger partial charge >= 0.3 is 0 Å². The Kier molecular flexibility index (Phi) is 5.42. The van der Waals surface area contributed by atoms with Crippen LogP contribution >= 0.6 is 0 Å². The molecule has 1 atom stereocenters. The Bertz CT molecular complexity index is 236. The third-order valence-electron chi connectivity index (χ3n) is 4.20. The van der Waals surface area contributed by atoms with Crippen LogP contribution in [-0.4, -0.2) is 64.1 Å². The highest BCUT2D eigenvalue weighted by atomic mass is 16.5. The van der Waals surface area contributed by atoms with E-state index in [2.05, 4.69) is 24.2 Å². The van der Waals surface area contributed by atoms with E-state index in [4.69, 9.17) is 9.47 Å². The van der Waals surface area contributed by atoms with E-state index in [1.54, 1.807) is 0 Å². The average Bonchev–Trinajstić information content (AvgIpc) is 2.55. The van der Waals surface area contributed by atoms with Crippen LogP contribution in [-0.2, 0) is 9.47 Å². The number of ether oxygens (including phenoxy) is 2. The Morgan fingerprint density at radius 1 is 1.28 bits per heavy atom.